The second-order valence-corrected chi connectivity index (χ2v) is 5.54. The lowest BCUT2D eigenvalue weighted by Crippen LogP contribution is -2.57. The van der Waals surface area contributed by atoms with Crippen LogP contribution < -0.4 is 5.32 Å². The predicted molar refractivity (Wildman–Crippen MR) is 77.3 cm³/mol. The normalized spacial score (nSPS) is 19.1. The molecule has 1 atom stereocenters. The van der Waals surface area contributed by atoms with Gasteiger partial charge in [0.25, 0.3) is 0 Å². The SMILES string of the molecule is CCCNC(Cc1cnn(CC)c1)C1(OC)CCC1. The van der Waals surface area contributed by atoms with E-state index < -0.39 is 0 Å². The molecule has 1 heterocycles. The van der Waals surface area contributed by atoms with Crippen LogP contribution in [0, 0.1) is 0 Å². The van der Waals surface area contributed by atoms with Gasteiger partial charge in [0.2, 0.25) is 0 Å². The molecule has 4 heteroatoms. The summed E-state index contributed by atoms with van der Waals surface area (Å²) in [5.41, 5.74) is 1.35. The Kier molecular flexibility index (Phi) is 4.99. The summed E-state index contributed by atoms with van der Waals surface area (Å²) in [6.07, 6.45) is 9.94. The minimum Gasteiger partial charge on any atom is -0.377 e. The summed E-state index contributed by atoms with van der Waals surface area (Å²) in [7, 11) is 1.86. The maximum Gasteiger partial charge on any atom is 0.0834 e. The van der Waals surface area contributed by atoms with Gasteiger partial charge in [-0.2, -0.15) is 5.10 Å². The summed E-state index contributed by atoms with van der Waals surface area (Å²) >= 11 is 0. The van der Waals surface area contributed by atoms with Crippen LogP contribution in [0.2, 0.25) is 0 Å². The molecule has 0 radical (unpaired) electrons. The van der Waals surface area contributed by atoms with E-state index in [0.29, 0.717) is 6.04 Å². The van der Waals surface area contributed by atoms with Crippen molar-refractivity contribution in [3.63, 3.8) is 0 Å². The minimum absolute atomic E-state index is 0.0451. The first kappa shape index (κ1) is 14.5. The highest BCUT2D eigenvalue weighted by atomic mass is 16.5. The lowest BCUT2D eigenvalue weighted by molar-refractivity contribution is -0.0980. The Morgan fingerprint density at radius 1 is 1.47 bits per heavy atom. The largest absolute Gasteiger partial charge is 0.377 e. The smallest absolute Gasteiger partial charge is 0.0834 e. The molecule has 0 bridgehead atoms. The molecule has 2 rings (SSSR count). The van der Waals surface area contributed by atoms with Gasteiger partial charge < -0.3 is 10.1 Å². The third-order valence-corrected chi connectivity index (χ3v) is 4.33. The number of methoxy groups -OCH3 is 1. The van der Waals surface area contributed by atoms with Crippen molar-refractivity contribution >= 4 is 0 Å². The zero-order valence-electron chi connectivity index (χ0n) is 12.5. The van der Waals surface area contributed by atoms with Gasteiger partial charge >= 0.3 is 0 Å². The average molecular weight is 265 g/mol. The number of hydrogen-bond acceptors (Lipinski definition) is 3. The zero-order chi connectivity index (χ0) is 13.7. The molecule has 0 amide bonds. The van der Waals surface area contributed by atoms with Crippen molar-refractivity contribution in [2.24, 2.45) is 0 Å². The third kappa shape index (κ3) is 3.18. The second kappa shape index (κ2) is 6.53. The summed E-state index contributed by atoms with van der Waals surface area (Å²) in [5, 5.41) is 8.04. The van der Waals surface area contributed by atoms with E-state index in [-0.39, 0.29) is 5.60 Å². The van der Waals surface area contributed by atoms with Crippen LogP contribution in [-0.2, 0) is 17.7 Å². The monoisotopic (exact) mass is 265 g/mol. The van der Waals surface area contributed by atoms with Gasteiger partial charge in [-0.25, -0.2) is 0 Å². The van der Waals surface area contributed by atoms with Crippen LogP contribution in [0.3, 0.4) is 0 Å². The van der Waals surface area contributed by atoms with Gasteiger partial charge in [-0.1, -0.05) is 6.92 Å². The average Bonchev–Trinajstić information content (AvgIpc) is 2.82. The molecule has 1 aliphatic rings. The van der Waals surface area contributed by atoms with E-state index in [1.807, 2.05) is 18.0 Å². The molecule has 1 unspecified atom stereocenters. The first-order valence-corrected chi connectivity index (χ1v) is 7.54. The van der Waals surface area contributed by atoms with E-state index in [2.05, 4.69) is 30.5 Å². The van der Waals surface area contributed by atoms with Crippen molar-refractivity contribution in [1.82, 2.24) is 15.1 Å². The third-order valence-electron chi connectivity index (χ3n) is 4.33. The Hall–Kier alpha value is -0.870. The van der Waals surface area contributed by atoms with Gasteiger partial charge in [0, 0.05) is 25.9 Å². The fraction of sp³-hybridized carbons (Fsp3) is 0.800. The van der Waals surface area contributed by atoms with Gasteiger partial charge in [-0.05, 0) is 51.1 Å². The Labute approximate surface area is 116 Å². The van der Waals surface area contributed by atoms with E-state index in [4.69, 9.17) is 4.74 Å². The Balaban J connectivity index is 2.04. The molecule has 0 aromatic carbocycles. The van der Waals surface area contributed by atoms with Crippen molar-refractivity contribution in [2.45, 2.75) is 64.1 Å². The standard InChI is InChI=1S/C15H27N3O/c1-4-9-16-14(15(19-3)7-6-8-15)10-13-11-17-18(5-2)12-13/h11-12,14,16H,4-10H2,1-3H3. The van der Waals surface area contributed by atoms with E-state index in [0.717, 1.165) is 25.9 Å². The number of ether oxygens (including phenoxy) is 1. The minimum atomic E-state index is 0.0451. The maximum atomic E-state index is 5.85. The number of nitrogens with zero attached hydrogens (tertiary/aromatic N) is 2. The fourth-order valence-corrected chi connectivity index (χ4v) is 2.90. The van der Waals surface area contributed by atoms with Crippen molar-refractivity contribution in [2.75, 3.05) is 13.7 Å². The van der Waals surface area contributed by atoms with Crippen LogP contribution >= 0.6 is 0 Å². The molecule has 19 heavy (non-hydrogen) atoms. The lowest BCUT2D eigenvalue weighted by atomic mass is 9.72. The molecule has 1 aromatic rings. The van der Waals surface area contributed by atoms with Gasteiger partial charge in [-0.3, -0.25) is 4.68 Å². The second-order valence-electron chi connectivity index (χ2n) is 5.54. The first-order valence-electron chi connectivity index (χ1n) is 7.54. The number of nitrogens with one attached hydrogen (secondary N) is 1. The maximum absolute atomic E-state index is 5.85. The summed E-state index contributed by atoms with van der Waals surface area (Å²) in [6, 6.07) is 0.403. The molecular formula is C15H27N3O. The molecule has 1 N–H and O–H groups in total. The Morgan fingerprint density at radius 2 is 2.26 bits per heavy atom. The van der Waals surface area contributed by atoms with Gasteiger partial charge in [0.1, 0.15) is 0 Å². The Morgan fingerprint density at radius 3 is 2.74 bits per heavy atom. The van der Waals surface area contributed by atoms with E-state index in [1.165, 1.54) is 24.8 Å². The van der Waals surface area contributed by atoms with Crippen molar-refractivity contribution in [3.05, 3.63) is 18.0 Å². The molecule has 0 saturated heterocycles. The number of hydrogen-bond donors (Lipinski definition) is 1. The van der Waals surface area contributed by atoms with Crippen molar-refractivity contribution in [3.8, 4) is 0 Å². The molecule has 1 saturated carbocycles. The molecule has 108 valence electrons. The molecular weight excluding hydrogens is 238 g/mol. The predicted octanol–water partition coefficient (Wildman–Crippen LogP) is 2.38. The quantitative estimate of drug-likeness (QED) is 0.784. The Bertz CT molecular complexity index is 379. The first-order chi connectivity index (χ1) is 9.24. The number of aryl methyl sites for hydroxylation is 1. The zero-order valence-corrected chi connectivity index (χ0v) is 12.5. The topological polar surface area (TPSA) is 39.1 Å². The summed E-state index contributed by atoms with van der Waals surface area (Å²) in [4.78, 5) is 0. The van der Waals surface area contributed by atoms with Gasteiger partial charge in [-0.15, -0.1) is 0 Å². The van der Waals surface area contributed by atoms with Crippen molar-refractivity contribution < 1.29 is 4.74 Å². The molecule has 0 spiro atoms. The highest BCUT2D eigenvalue weighted by molar-refractivity contribution is 5.11. The molecule has 0 aliphatic heterocycles. The molecule has 4 nitrogen and oxygen atoms in total. The van der Waals surface area contributed by atoms with Crippen LogP contribution in [0.15, 0.2) is 12.4 Å². The molecule has 1 aromatic heterocycles. The van der Waals surface area contributed by atoms with Crippen LogP contribution in [0.4, 0.5) is 0 Å². The van der Waals surface area contributed by atoms with Crippen LogP contribution in [0.1, 0.15) is 45.1 Å². The fourth-order valence-electron chi connectivity index (χ4n) is 2.90. The highest BCUT2D eigenvalue weighted by Gasteiger charge is 2.44. The van der Waals surface area contributed by atoms with Crippen LogP contribution in [0.5, 0.6) is 0 Å². The highest BCUT2D eigenvalue weighted by Crippen LogP contribution is 2.39. The van der Waals surface area contributed by atoms with E-state index in [1.54, 1.807) is 0 Å². The van der Waals surface area contributed by atoms with Crippen molar-refractivity contribution in [1.29, 1.82) is 0 Å². The van der Waals surface area contributed by atoms with Gasteiger partial charge in [0.15, 0.2) is 0 Å². The summed E-state index contributed by atoms with van der Waals surface area (Å²) in [5.74, 6) is 0. The van der Waals surface area contributed by atoms with E-state index >= 15 is 0 Å². The lowest BCUT2D eigenvalue weighted by Gasteiger charge is -2.47. The summed E-state index contributed by atoms with van der Waals surface area (Å²) in [6.45, 7) is 6.31. The molecule has 1 fully saturated rings. The number of rotatable bonds is 8. The molecule has 1 aliphatic carbocycles. The summed E-state index contributed by atoms with van der Waals surface area (Å²) < 4.78 is 7.84. The van der Waals surface area contributed by atoms with Gasteiger partial charge in [0.05, 0.1) is 11.8 Å². The van der Waals surface area contributed by atoms with Crippen LogP contribution in [0.25, 0.3) is 0 Å². The van der Waals surface area contributed by atoms with E-state index in [9.17, 15) is 0 Å². The van der Waals surface area contributed by atoms with Crippen LogP contribution in [-0.4, -0.2) is 35.1 Å². The number of aromatic nitrogens is 2.